The standard InChI is InChI=1S/C24H23N3O5/c1-32-18-7-2-14(3-8-18)10-11-25-19-9-6-17(13-20(19)27(30)31)26-23(28)21-15-4-5-16(12-15)22(21)24(26)29/h2-9,13,15-16,21-22,25H,10-12H2,1H3/t15-,16-,21-,22+/m0/s1. The molecule has 164 valence electrons. The summed E-state index contributed by atoms with van der Waals surface area (Å²) in [6.07, 6.45) is 5.57. The number of anilines is 2. The molecule has 2 bridgehead atoms. The molecule has 1 heterocycles. The van der Waals surface area contributed by atoms with Gasteiger partial charge in [-0.05, 0) is 54.5 Å². The number of carbonyl (C=O) groups is 2. The van der Waals surface area contributed by atoms with Crippen LogP contribution in [0, 0.1) is 33.8 Å². The predicted octanol–water partition coefficient (Wildman–Crippen LogP) is 3.57. The Hall–Kier alpha value is -3.68. The highest BCUT2D eigenvalue weighted by Crippen LogP contribution is 2.53. The van der Waals surface area contributed by atoms with E-state index in [1.54, 1.807) is 19.2 Å². The Kier molecular flexibility index (Phi) is 4.92. The summed E-state index contributed by atoms with van der Waals surface area (Å²) in [5.74, 6) is -0.192. The topological polar surface area (TPSA) is 102 Å². The number of amides is 2. The van der Waals surface area contributed by atoms with Crippen molar-refractivity contribution < 1.29 is 19.2 Å². The number of ether oxygens (including phenoxy) is 1. The van der Waals surface area contributed by atoms with Crippen LogP contribution in [-0.4, -0.2) is 30.4 Å². The number of hydrogen-bond donors (Lipinski definition) is 1. The molecular formula is C24H23N3O5. The minimum atomic E-state index is -0.490. The molecule has 1 saturated heterocycles. The van der Waals surface area contributed by atoms with Gasteiger partial charge in [-0.25, -0.2) is 4.90 Å². The van der Waals surface area contributed by atoms with Gasteiger partial charge >= 0.3 is 0 Å². The summed E-state index contributed by atoms with van der Waals surface area (Å²) >= 11 is 0. The maximum atomic E-state index is 13.0. The molecule has 2 aromatic carbocycles. The van der Waals surface area contributed by atoms with Crippen LogP contribution in [0.1, 0.15) is 12.0 Å². The first-order valence-electron chi connectivity index (χ1n) is 10.7. The Labute approximate surface area is 185 Å². The van der Waals surface area contributed by atoms with Crippen LogP contribution in [0.25, 0.3) is 0 Å². The summed E-state index contributed by atoms with van der Waals surface area (Å²) in [4.78, 5) is 38.4. The van der Waals surface area contributed by atoms with Gasteiger partial charge in [-0.1, -0.05) is 24.3 Å². The number of nitrogens with one attached hydrogen (secondary N) is 1. The monoisotopic (exact) mass is 433 g/mol. The van der Waals surface area contributed by atoms with Crippen LogP contribution in [0.5, 0.6) is 5.75 Å². The summed E-state index contributed by atoms with van der Waals surface area (Å²) < 4.78 is 5.15. The third-order valence-electron chi connectivity index (χ3n) is 6.79. The number of nitro benzene ring substituents is 1. The molecule has 2 fully saturated rings. The van der Waals surface area contributed by atoms with Gasteiger partial charge in [-0.2, -0.15) is 0 Å². The van der Waals surface area contributed by atoms with Crippen molar-refractivity contribution in [3.05, 3.63) is 70.3 Å². The largest absolute Gasteiger partial charge is 0.497 e. The molecule has 0 spiro atoms. The van der Waals surface area contributed by atoms with E-state index in [4.69, 9.17) is 4.74 Å². The fourth-order valence-electron chi connectivity index (χ4n) is 5.25. The van der Waals surface area contributed by atoms with Crippen LogP contribution in [-0.2, 0) is 16.0 Å². The van der Waals surface area contributed by atoms with E-state index in [1.165, 1.54) is 6.07 Å². The first-order chi connectivity index (χ1) is 15.5. The average Bonchev–Trinajstić information content (AvgIpc) is 3.48. The quantitative estimate of drug-likeness (QED) is 0.310. The molecule has 0 radical (unpaired) electrons. The number of benzene rings is 2. The van der Waals surface area contributed by atoms with Gasteiger partial charge in [0.15, 0.2) is 0 Å². The molecule has 2 aliphatic carbocycles. The van der Waals surface area contributed by atoms with E-state index in [9.17, 15) is 19.7 Å². The second kappa shape index (κ2) is 7.78. The second-order valence-corrected chi connectivity index (χ2v) is 8.50. The zero-order chi connectivity index (χ0) is 22.4. The minimum Gasteiger partial charge on any atom is -0.497 e. The van der Waals surface area contributed by atoms with Crippen LogP contribution in [0.15, 0.2) is 54.6 Å². The molecule has 32 heavy (non-hydrogen) atoms. The molecule has 8 heteroatoms. The van der Waals surface area contributed by atoms with Gasteiger partial charge in [-0.3, -0.25) is 19.7 Å². The molecular weight excluding hydrogens is 410 g/mol. The van der Waals surface area contributed by atoms with Crippen molar-refractivity contribution in [1.29, 1.82) is 0 Å². The van der Waals surface area contributed by atoms with E-state index in [2.05, 4.69) is 5.32 Å². The van der Waals surface area contributed by atoms with Crippen molar-refractivity contribution in [2.24, 2.45) is 23.7 Å². The second-order valence-electron chi connectivity index (χ2n) is 8.50. The third kappa shape index (κ3) is 3.23. The first-order valence-corrected chi connectivity index (χ1v) is 10.7. The van der Waals surface area contributed by atoms with E-state index in [-0.39, 0.29) is 46.9 Å². The molecule has 5 rings (SSSR count). The van der Waals surface area contributed by atoms with Gasteiger partial charge in [0.05, 0.1) is 29.6 Å². The summed E-state index contributed by atoms with van der Waals surface area (Å²) in [6, 6.07) is 12.1. The number of fused-ring (bicyclic) bond motifs is 5. The maximum Gasteiger partial charge on any atom is 0.294 e. The normalized spacial score (nSPS) is 25.3. The Morgan fingerprint density at radius 2 is 1.72 bits per heavy atom. The number of carbonyl (C=O) groups excluding carboxylic acids is 2. The highest BCUT2D eigenvalue weighted by Gasteiger charge is 2.59. The van der Waals surface area contributed by atoms with E-state index in [0.717, 1.165) is 22.6 Å². The molecule has 1 aliphatic heterocycles. The fraction of sp³-hybridized carbons (Fsp3) is 0.333. The lowest BCUT2D eigenvalue weighted by Gasteiger charge is -2.18. The van der Waals surface area contributed by atoms with Crippen LogP contribution >= 0.6 is 0 Å². The van der Waals surface area contributed by atoms with E-state index in [0.29, 0.717) is 18.7 Å². The number of methoxy groups -OCH3 is 1. The number of nitrogens with zero attached hydrogens (tertiary/aromatic N) is 2. The molecule has 2 amide bonds. The molecule has 8 nitrogen and oxygen atoms in total. The van der Waals surface area contributed by atoms with Gasteiger partial charge in [0.2, 0.25) is 11.8 Å². The molecule has 0 aromatic heterocycles. The van der Waals surface area contributed by atoms with Gasteiger partial charge < -0.3 is 10.1 Å². The summed E-state index contributed by atoms with van der Waals surface area (Å²) in [6.45, 7) is 0.493. The van der Waals surface area contributed by atoms with Gasteiger partial charge in [-0.15, -0.1) is 0 Å². The Balaban J connectivity index is 1.33. The lowest BCUT2D eigenvalue weighted by Crippen LogP contribution is -2.32. The van der Waals surface area contributed by atoms with Gasteiger partial charge in [0.25, 0.3) is 5.69 Å². The van der Waals surface area contributed by atoms with E-state index >= 15 is 0 Å². The number of nitro groups is 1. The smallest absolute Gasteiger partial charge is 0.294 e. The van der Waals surface area contributed by atoms with Crippen molar-refractivity contribution in [3.63, 3.8) is 0 Å². The van der Waals surface area contributed by atoms with Crippen LogP contribution in [0.4, 0.5) is 17.1 Å². The maximum absolute atomic E-state index is 13.0. The van der Waals surface area contributed by atoms with Crippen LogP contribution in [0.3, 0.4) is 0 Å². The number of hydrogen-bond acceptors (Lipinski definition) is 6. The average molecular weight is 433 g/mol. The molecule has 1 saturated carbocycles. The number of imide groups is 1. The lowest BCUT2D eigenvalue weighted by atomic mass is 9.85. The summed E-state index contributed by atoms with van der Waals surface area (Å²) in [5.41, 5.74) is 1.53. The Morgan fingerprint density at radius 1 is 1.06 bits per heavy atom. The molecule has 4 atom stereocenters. The zero-order valence-electron chi connectivity index (χ0n) is 17.6. The lowest BCUT2D eigenvalue weighted by molar-refractivity contribution is -0.383. The van der Waals surface area contributed by atoms with Crippen LogP contribution in [0.2, 0.25) is 0 Å². The molecule has 0 unspecified atom stereocenters. The first kappa shape index (κ1) is 20.2. The van der Waals surface area contributed by atoms with Crippen molar-refractivity contribution in [3.8, 4) is 5.75 Å². The molecule has 2 aromatic rings. The zero-order valence-corrected chi connectivity index (χ0v) is 17.6. The van der Waals surface area contributed by atoms with Crippen molar-refractivity contribution >= 4 is 28.9 Å². The summed E-state index contributed by atoms with van der Waals surface area (Å²) in [5, 5.41) is 14.8. The van der Waals surface area contributed by atoms with Crippen molar-refractivity contribution in [2.45, 2.75) is 12.8 Å². The number of rotatable bonds is 7. The minimum absolute atomic E-state index is 0.0975. The SMILES string of the molecule is COc1ccc(CCNc2ccc(N3C(=O)[C@@H]4[C@H](C3=O)[C@H]3C=C[C@H]4C3)cc2[N+](=O)[O-])cc1. The van der Waals surface area contributed by atoms with Crippen molar-refractivity contribution in [1.82, 2.24) is 0 Å². The highest BCUT2D eigenvalue weighted by molar-refractivity contribution is 6.23. The van der Waals surface area contributed by atoms with Crippen molar-refractivity contribution in [2.75, 3.05) is 23.9 Å². The van der Waals surface area contributed by atoms with Gasteiger partial charge in [0, 0.05) is 12.6 Å². The number of allylic oxidation sites excluding steroid dienone is 2. The Bertz CT molecular complexity index is 1100. The van der Waals surface area contributed by atoms with Gasteiger partial charge in [0.1, 0.15) is 11.4 Å². The summed E-state index contributed by atoms with van der Waals surface area (Å²) in [7, 11) is 1.61. The third-order valence-corrected chi connectivity index (χ3v) is 6.79. The molecule has 3 aliphatic rings. The van der Waals surface area contributed by atoms with E-state index in [1.807, 2.05) is 36.4 Å². The Morgan fingerprint density at radius 3 is 2.31 bits per heavy atom. The highest BCUT2D eigenvalue weighted by atomic mass is 16.6. The van der Waals surface area contributed by atoms with Crippen LogP contribution < -0.4 is 15.0 Å². The fourth-order valence-corrected chi connectivity index (χ4v) is 5.25. The molecule has 1 N–H and O–H groups in total. The van der Waals surface area contributed by atoms with E-state index < -0.39 is 4.92 Å². The predicted molar refractivity (Wildman–Crippen MR) is 118 cm³/mol.